The van der Waals surface area contributed by atoms with Crippen molar-refractivity contribution in [2.75, 3.05) is 0 Å². The van der Waals surface area contributed by atoms with Crippen LogP contribution in [0.4, 0.5) is 4.39 Å². The second-order valence-electron chi connectivity index (χ2n) is 9.17. The van der Waals surface area contributed by atoms with Gasteiger partial charge in [-0.2, -0.15) is 0 Å². The molecule has 188 valence electrons. The van der Waals surface area contributed by atoms with Crippen molar-refractivity contribution in [2.45, 2.75) is 19.4 Å². The largest absolute Gasteiger partial charge is 0.486 e. The van der Waals surface area contributed by atoms with E-state index in [0.717, 1.165) is 27.7 Å². The van der Waals surface area contributed by atoms with Gasteiger partial charge in [0.15, 0.2) is 11.6 Å². The lowest BCUT2D eigenvalue weighted by molar-refractivity contribution is -0.134. The van der Waals surface area contributed by atoms with Crippen molar-refractivity contribution >= 4 is 34.3 Å². The average Bonchev–Trinajstić information content (AvgIpc) is 3.63. The van der Waals surface area contributed by atoms with E-state index in [9.17, 15) is 14.0 Å². The lowest BCUT2D eigenvalue weighted by Gasteiger charge is -2.15. The van der Waals surface area contributed by atoms with Gasteiger partial charge in [0.25, 0.3) is 0 Å². The van der Waals surface area contributed by atoms with Crippen molar-refractivity contribution in [3.8, 4) is 17.0 Å². The zero-order chi connectivity index (χ0) is 26.2. The number of carbonyl (C=O) groups excluding carboxylic acids is 2. The van der Waals surface area contributed by atoms with E-state index in [1.165, 1.54) is 12.1 Å². The molecule has 2 atom stereocenters. The van der Waals surface area contributed by atoms with Gasteiger partial charge < -0.3 is 10.5 Å². The molecule has 1 aliphatic carbocycles. The molecule has 0 spiro atoms. The summed E-state index contributed by atoms with van der Waals surface area (Å²) in [6.45, 7) is 0.101. The molecule has 7 nitrogen and oxygen atoms in total. The molecule has 0 aliphatic heterocycles. The molecule has 1 aliphatic rings. The molecule has 1 fully saturated rings. The minimum Gasteiger partial charge on any atom is -0.486 e. The standard InChI is InChI=1S/C28H23ClFN3O4/c29-19-8-6-17(7-9-19)24-12-18(20-3-1-2-4-23(20)32-24)15-37-25-10-5-16(11-22(25)30)13-28(27(31)35)14-21(28)26(34)33-36/h1-12,21,36H,13-15H2,(H2,31,35)(H,33,34)/t21-,28+/m1/s1. The second kappa shape index (κ2) is 9.80. The lowest BCUT2D eigenvalue weighted by atomic mass is 9.92. The van der Waals surface area contributed by atoms with Crippen LogP contribution in [0, 0.1) is 17.2 Å². The summed E-state index contributed by atoms with van der Waals surface area (Å²) in [5, 5.41) is 10.4. The monoisotopic (exact) mass is 519 g/mol. The SMILES string of the molecule is NC(=O)[C@@]1(Cc2ccc(OCc3cc(-c4ccc(Cl)cc4)nc4ccccc34)c(F)c2)C[C@@H]1C(=O)NO. The molecule has 1 aromatic heterocycles. The molecule has 9 heteroatoms. The fourth-order valence-corrected chi connectivity index (χ4v) is 4.83. The highest BCUT2D eigenvalue weighted by molar-refractivity contribution is 6.30. The molecular weight excluding hydrogens is 497 g/mol. The van der Waals surface area contributed by atoms with Gasteiger partial charge in [-0.1, -0.05) is 48.0 Å². The van der Waals surface area contributed by atoms with Crippen molar-refractivity contribution < 1.29 is 23.9 Å². The summed E-state index contributed by atoms with van der Waals surface area (Å²) in [6.07, 6.45) is 0.275. The van der Waals surface area contributed by atoms with E-state index in [1.54, 1.807) is 23.7 Å². The van der Waals surface area contributed by atoms with E-state index in [4.69, 9.17) is 32.3 Å². The minimum atomic E-state index is -1.14. The number of fused-ring (bicyclic) bond motifs is 1. The number of hydroxylamine groups is 1. The fourth-order valence-electron chi connectivity index (χ4n) is 4.71. The van der Waals surface area contributed by atoms with Crippen LogP contribution in [-0.4, -0.2) is 22.0 Å². The van der Waals surface area contributed by atoms with Gasteiger partial charge in [0.2, 0.25) is 11.8 Å². The van der Waals surface area contributed by atoms with Crippen LogP contribution < -0.4 is 16.0 Å². The Morgan fingerprint density at radius 3 is 2.59 bits per heavy atom. The molecule has 4 N–H and O–H groups in total. The Labute approximate surface area is 217 Å². The number of ether oxygens (including phenoxy) is 1. The van der Waals surface area contributed by atoms with Gasteiger partial charge in [0, 0.05) is 21.5 Å². The molecule has 0 saturated heterocycles. The molecule has 0 bridgehead atoms. The summed E-state index contributed by atoms with van der Waals surface area (Å²) in [7, 11) is 0. The van der Waals surface area contributed by atoms with Gasteiger partial charge in [-0.05, 0) is 54.8 Å². The van der Waals surface area contributed by atoms with Gasteiger partial charge in [-0.15, -0.1) is 0 Å². The number of hydrogen-bond acceptors (Lipinski definition) is 5. The highest BCUT2D eigenvalue weighted by Crippen LogP contribution is 2.54. The topological polar surface area (TPSA) is 115 Å². The first-order valence-corrected chi connectivity index (χ1v) is 12.0. The minimum absolute atomic E-state index is 0.0475. The lowest BCUT2D eigenvalue weighted by Crippen LogP contribution is -2.33. The number of halogens is 2. The Morgan fingerprint density at radius 2 is 1.89 bits per heavy atom. The molecule has 4 aromatic rings. The molecule has 37 heavy (non-hydrogen) atoms. The van der Waals surface area contributed by atoms with Crippen LogP contribution in [0.2, 0.25) is 5.02 Å². The summed E-state index contributed by atoms with van der Waals surface area (Å²) >= 11 is 6.02. The number of primary amides is 1. The molecule has 5 rings (SSSR count). The number of benzene rings is 3. The van der Waals surface area contributed by atoms with Crippen LogP contribution in [0.3, 0.4) is 0 Å². The quantitative estimate of drug-likeness (QED) is 0.228. The number of pyridine rings is 1. The van der Waals surface area contributed by atoms with Crippen molar-refractivity contribution in [3.63, 3.8) is 0 Å². The van der Waals surface area contributed by atoms with Crippen LogP contribution >= 0.6 is 11.6 Å². The number of para-hydroxylation sites is 1. The molecule has 3 aromatic carbocycles. The van der Waals surface area contributed by atoms with E-state index in [-0.39, 0.29) is 25.2 Å². The Hall–Kier alpha value is -4.01. The maximum atomic E-state index is 15.0. The van der Waals surface area contributed by atoms with E-state index < -0.39 is 29.0 Å². The predicted octanol–water partition coefficient (Wildman–Crippen LogP) is 4.81. The third-order valence-corrected chi connectivity index (χ3v) is 7.09. The molecule has 1 heterocycles. The molecule has 0 radical (unpaired) electrons. The Bertz CT molecular complexity index is 1510. The van der Waals surface area contributed by atoms with E-state index in [1.807, 2.05) is 42.5 Å². The zero-order valence-corrected chi connectivity index (χ0v) is 20.3. The molecular formula is C28H23ClFN3O4. The first kappa shape index (κ1) is 24.7. The van der Waals surface area contributed by atoms with Crippen LogP contribution in [-0.2, 0) is 22.6 Å². The summed E-state index contributed by atoms with van der Waals surface area (Å²) in [5.74, 6) is -2.64. The molecule has 0 unspecified atom stereocenters. The van der Waals surface area contributed by atoms with Crippen LogP contribution in [0.25, 0.3) is 22.2 Å². The Kier molecular flexibility index (Phi) is 6.54. The number of nitrogens with two attached hydrogens (primary N) is 1. The second-order valence-corrected chi connectivity index (χ2v) is 9.61. The van der Waals surface area contributed by atoms with E-state index in [0.29, 0.717) is 10.6 Å². The summed E-state index contributed by atoms with van der Waals surface area (Å²) in [4.78, 5) is 28.5. The number of aromatic nitrogens is 1. The number of amides is 2. The average molecular weight is 520 g/mol. The smallest absolute Gasteiger partial charge is 0.247 e. The number of nitrogens with zero attached hydrogens (tertiary/aromatic N) is 1. The fraction of sp³-hybridized carbons (Fsp3) is 0.179. The van der Waals surface area contributed by atoms with E-state index in [2.05, 4.69) is 0 Å². The third kappa shape index (κ3) is 4.85. The summed E-state index contributed by atoms with van der Waals surface area (Å²) < 4.78 is 20.8. The number of carbonyl (C=O) groups is 2. The summed E-state index contributed by atoms with van der Waals surface area (Å²) in [5.41, 5.74) is 9.68. The highest BCUT2D eigenvalue weighted by atomic mass is 35.5. The zero-order valence-electron chi connectivity index (χ0n) is 19.6. The van der Waals surface area contributed by atoms with Crippen LogP contribution in [0.15, 0.2) is 72.8 Å². The van der Waals surface area contributed by atoms with Crippen LogP contribution in [0.5, 0.6) is 5.75 Å². The van der Waals surface area contributed by atoms with Gasteiger partial charge in [-0.25, -0.2) is 14.9 Å². The van der Waals surface area contributed by atoms with Crippen molar-refractivity contribution in [3.05, 3.63) is 94.8 Å². The molecule has 1 saturated carbocycles. The first-order chi connectivity index (χ1) is 17.8. The Balaban J connectivity index is 1.37. The third-order valence-electron chi connectivity index (χ3n) is 6.83. The van der Waals surface area contributed by atoms with Crippen molar-refractivity contribution in [1.29, 1.82) is 0 Å². The normalized spacial score (nSPS) is 18.4. The Morgan fingerprint density at radius 1 is 1.14 bits per heavy atom. The van der Waals surface area contributed by atoms with Gasteiger partial charge in [0.05, 0.1) is 22.5 Å². The van der Waals surface area contributed by atoms with E-state index >= 15 is 0 Å². The first-order valence-electron chi connectivity index (χ1n) is 11.6. The van der Waals surface area contributed by atoms with Crippen molar-refractivity contribution in [1.82, 2.24) is 10.5 Å². The highest BCUT2D eigenvalue weighted by Gasteiger charge is 2.62. The number of nitrogens with one attached hydrogen (secondary N) is 1. The number of hydrogen-bond donors (Lipinski definition) is 3. The van der Waals surface area contributed by atoms with Gasteiger partial charge in [-0.3, -0.25) is 14.8 Å². The molecule has 2 amide bonds. The predicted molar refractivity (Wildman–Crippen MR) is 136 cm³/mol. The van der Waals surface area contributed by atoms with Gasteiger partial charge in [0.1, 0.15) is 6.61 Å². The van der Waals surface area contributed by atoms with Crippen LogP contribution in [0.1, 0.15) is 17.5 Å². The maximum Gasteiger partial charge on any atom is 0.247 e. The summed E-state index contributed by atoms with van der Waals surface area (Å²) in [6, 6.07) is 21.3. The van der Waals surface area contributed by atoms with Gasteiger partial charge >= 0.3 is 0 Å². The van der Waals surface area contributed by atoms with Crippen molar-refractivity contribution in [2.24, 2.45) is 17.1 Å². The number of rotatable bonds is 8. The maximum absolute atomic E-state index is 15.0.